The Labute approximate surface area is 67.7 Å². The molecule has 0 fully saturated rings. The second kappa shape index (κ2) is 2.27. The van der Waals surface area contributed by atoms with E-state index in [4.69, 9.17) is 2.74 Å². The molecule has 0 spiro atoms. The van der Waals surface area contributed by atoms with Crippen LogP contribution in [0.4, 0.5) is 0 Å². The molecule has 1 nitrogen and oxygen atoms in total. The minimum atomic E-state index is 0.152. The molecule has 0 saturated heterocycles. The lowest BCUT2D eigenvalue weighted by Gasteiger charge is -1.96. The van der Waals surface area contributed by atoms with E-state index in [1.54, 1.807) is 18.2 Å². The molecule has 2 aromatic carbocycles. The molecule has 0 aliphatic heterocycles. The van der Waals surface area contributed by atoms with Crippen molar-refractivity contribution >= 4 is 10.8 Å². The van der Waals surface area contributed by atoms with E-state index in [1.165, 1.54) is 12.1 Å². The summed E-state index contributed by atoms with van der Waals surface area (Å²) in [6.07, 6.45) is 0. The number of phenolic OH excluding ortho intramolecular Hbond substituents is 1. The van der Waals surface area contributed by atoms with Gasteiger partial charge in [0.05, 0.1) is 2.74 Å². The minimum absolute atomic E-state index is 0.152. The molecule has 11 heavy (non-hydrogen) atoms. The molecule has 0 aliphatic carbocycles. The van der Waals surface area contributed by atoms with Crippen molar-refractivity contribution in [3.8, 4) is 5.75 Å². The molecule has 0 amide bonds. The highest BCUT2D eigenvalue weighted by Gasteiger charge is 1.91. The van der Waals surface area contributed by atoms with Crippen LogP contribution in [0, 0.1) is 0 Å². The van der Waals surface area contributed by atoms with Crippen molar-refractivity contribution in [3.05, 3.63) is 42.4 Å². The zero-order valence-corrected chi connectivity index (χ0v) is 5.83. The zero-order valence-electron chi connectivity index (χ0n) is 7.83. The van der Waals surface area contributed by atoms with Gasteiger partial charge in [0, 0.05) is 0 Å². The predicted octanol–water partition coefficient (Wildman–Crippen LogP) is 2.55. The van der Waals surface area contributed by atoms with Gasteiger partial charge in [0.2, 0.25) is 0 Å². The van der Waals surface area contributed by atoms with Gasteiger partial charge in [-0.3, -0.25) is 0 Å². The van der Waals surface area contributed by atoms with Crippen LogP contribution in [0.3, 0.4) is 0 Å². The van der Waals surface area contributed by atoms with E-state index in [0.717, 1.165) is 5.39 Å². The fraction of sp³-hybridized carbons (Fsp3) is 0. The summed E-state index contributed by atoms with van der Waals surface area (Å²) in [6.45, 7) is 0. The molecule has 0 heterocycles. The van der Waals surface area contributed by atoms with Crippen LogP contribution in [-0.4, -0.2) is 5.11 Å². The third-order valence-electron chi connectivity index (χ3n) is 1.59. The van der Waals surface area contributed by atoms with E-state index in [2.05, 4.69) is 0 Å². The van der Waals surface area contributed by atoms with Gasteiger partial charge in [-0.2, -0.15) is 0 Å². The van der Waals surface area contributed by atoms with Crippen LogP contribution in [0.1, 0.15) is 2.74 Å². The van der Waals surface area contributed by atoms with E-state index in [9.17, 15) is 5.11 Å². The number of rotatable bonds is 0. The van der Waals surface area contributed by atoms with Crippen molar-refractivity contribution in [3.63, 3.8) is 0 Å². The highest BCUT2D eigenvalue weighted by molar-refractivity contribution is 5.83. The van der Waals surface area contributed by atoms with Crippen molar-refractivity contribution in [1.29, 1.82) is 0 Å². The summed E-state index contributed by atoms with van der Waals surface area (Å²) >= 11 is 0. The van der Waals surface area contributed by atoms with Crippen molar-refractivity contribution in [2.24, 2.45) is 0 Å². The Morgan fingerprint density at radius 1 is 1.18 bits per heavy atom. The van der Waals surface area contributed by atoms with Crippen LogP contribution >= 0.6 is 0 Å². The highest BCUT2D eigenvalue weighted by Crippen LogP contribution is 2.18. The predicted molar refractivity (Wildman–Crippen MR) is 45.6 cm³/mol. The number of fused-ring (bicyclic) bond motifs is 1. The van der Waals surface area contributed by atoms with Crippen LogP contribution in [-0.2, 0) is 0 Å². The van der Waals surface area contributed by atoms with E-state index < -0.39 is 0 Å². The molecule has 1 N–H and O–H groups in total. The average molecular weight is 146 g/mol. The molecule has 0 radical (unpaired) electrons. The number of phenols is 1. The standard InChI is InChI=1S/C10H8O/c11-10-6-5-8-3-1-2-4-9(8)7-10/h1-7,11H/i1D,4D. The molecule has 2 rings (SSSR count). The first-order valence-electron chi connectivity index (χ1n) is 4.37. The summed E-state index contributed by atoms with van der Waals surface area (Å²) < 4.78 is 15.0. The Balaban J connectivity index is 2.87. The molecule has 0 atom stereocenters. The zero-order chi connectivity index (χ0) is 9.42. The van der Waals surface area contributed by atoms with E-state index in [-0.39, 0.29) is 11.8 Å². The first-order valence-corrected chi connectivity index (χ1v) is 3.37. The largest absolute Gasteiger partial charge is 0.508 e. The minimum Gasteiger partial charge on any atom is -0.508 e. The monoisotopic (exact) mass is 146 g/mol. The first kappa shape index (κ1) is 4.39. The van der Waals surface area contributed by atoms with Gasteiger partial charge in [-0.25, -0.2) is 0 Å². The van der Waals surface area contributed by atoms with Crippen molar-refractivity contribution < 1.29 is 7.85 Å². The molecule has 0 unspecified atom stereocenters. The maximum absolute atomic E-state index is 9.19. The van der Waals surface area contributed by atoms with E-state index >= 15 is 0 Å². The van der Waals surface area contributed by atoms with Gasteiger partial charge in [-0.1, -0.05) is 30.3 Å². The second-order valence-electron chi connectivity index (χ2n) is 2.37. The summed E-state index contributed by atoms with van der Waals surface area (Å²) in [5.41, 5.74) is 0. The van der Waals surface area contributed by atoms with Crippen LogP contribution in [0.5, 0.6) is 5.75 Å². The molecule has 2 aromatic rings. The van der Waals surface area contributed by atoms with Gasteiger partial charge in [-0.15, -0.1) is 0 Å². The van der Waals surface area contributed by atoms with Gasteiger partial charge in [-0.05, 0) is 22.9 Å². The third-order valence-corrected chi connectivity index (χ3v) is 1.59. The van der Waals surface area contributed by atoms with Gasteiger partial charge in [0.1, 0.15) is 5.75 Å². The number of hydrogen-bond donors (Lipinski definition) is 1. The molecular weight excluding hydrogens is 136 g/mol. The summed E-state index contributed by atoms with van der Waals surface area (Å²) in [5, 5.41) is 10.7. The quantitative estimate of drug-likeness (QED) is 0.605. The molecule has 0 aromatic heterocycles. The summed E-state index contributed by atoms with van der Waals surface area (Å²) in [6, 6.07) is 8.54. The molecule has 0 bridgehead atoms. The molecule has 1 heteroatoms. The van der Waals surface area contributed by atoms with E-state index in [1.807, 2.05) is 0 Å². The SMILES string of the molecule is [2H]c1cc([2H])c2cc(O)ccc2c1. The molecule has 0 aliphatic rings. The number of hydrogen-bond acceptors (Lipinski definition) is 1. The van der Waals surface area contributed by atoms with Crippen LogP contribution < -0.4 is 0 Å². The molecule has 0 saturated carbocycles. The normalized spacial score (nSPS) is 12.7. The Kier molecular flexibility index (Phi) is 0.908. The molecule has 54 valence electrons. The highest BCUT2D eigenvalue weighted by atomic mass is 16.3. The fourth-order valence-corrected chi connectivity index (χ4v) is 1.05. The van der Waals surface area contributed by atoms with Crippen LogP contribution in [0.2, 0.25) is 0 Å². The lowest BCUT2D eigenvalue weighted by atomic mass is 10.1. The van der Waals surface area contributed by atoms with Gasteiger partial charge in [0.25, 0.3) is 0 Å². The summed E-state index contributed by atoms with van der Waals surface area (Å²) in [4.78, 5) is 0. The smallest absolute Gasteiger partial charge is 0.116 e. The maximum Gasteiger partial charge on any atom is 0.116 e. The topological polar surface area (TPSA) is 20.2 Å². The van der Waals surface area contributed by atoms with Crippen molar-refractivity contribution in [2.75, 3.05) is 0 Å². The maximum atomic E-state index is 9.19. The van der Waals surface area contributed by atoms with Crippen LogP contribution in [0.25, 0.3) is 10.8 Å². The van der Waals surface area contributed by atoms with Gasteiger partial charge >= 0.3 is 0 Å². The number of aromatic hydroxyl groups is 1. The summed E-state index contributed by atoms with van der Waals surface area (Å²) in [5.74, 6) is 0.152. The Hall–Kier alpha value is -1.50. The fourth-order valence-electron chi connectivity index (χ4n) is 1.05. The summed E-state index contributed by atoms with van der Waals surface area (Å²) in [7, 11) is 0. The lowest BCUT2D eigenvalue weighted by Crippen LogP contribution is -1.69. The molecular formula is C10H8O. The van der Waals surface area contributed by atoms with Crippen LogP contribution in [0.15, 0.2) is 42.4 Å². The van der Waals surface area contributed by atoms with E-state index in [0.29, 0.717) is 11.4 Å². The van der Waals surface area contributed by atoms with Crippen molar-refractivity contribution in [2.45, 2.75) is 0 Å². The lowest BCUT2D eigenvalue weighted by molar-refractivity contribution is 0.476. The first-order chi connectivity index (χ1) is 6.16. The second-order valence-corrected chi connectivity index (χ2v) is 2.37. The Morgan fingerprint density at radius 3 is 3.00 bits per heavy atom. The number of benzene rings is 2. The Morgan fingerprint density at radius 2 is 2.09 bits per heavy atom. The average Bonchev–Trinajstić information content (AvgIpc) is 2.06. The third kappa shape index (κ3) is 1.05. The van der Waals surface area contributed by atoms with Crippen molar-refractivity contribution in [1.82, 2.24) is 0 Å². The van der Waals surface area contributed by atoms with Gasteiger partial charge in [0.15, 0.2) is 0 Å². The van der Waals surface area contributed by atoms with Gasteiger partial charge < -0.3 is 5.11 Å². The Bertz CT molecular complexity index is 466.